The molecule has 5 heteroatoms. The quantitative estimate of drug-likeness (QED) is 0.733. The van der Waals surface area contributed by atoms with E-state index in [2.05, 4.69) is 46.5 Å². The van der Waals surface area contributed by atoms with Crippen LogP contribution in [-0.4, -0.2) is 19.0 Å². The summed E-state index contributed by atoms with van der Waals surface area (Å²) in [6.45, 7) is 4.38. The maximum atomic E-state index is 11.4. The number of nitrogens with one attached hydrogen (secondary N) is 2. The summed E-state index contributed by atoms with van der Waals surface area (Å²) in [6.07, 6.45) is 1.53. The van der Waals surface area contributed by atoms with Gasteiger partial charge in [-0.2, -0.15) is 0 Å². The van der Waals surface area contributed by atoms with E-state index in [1.807, 2.05) is 0 Å². The van der Waals surface area contributed by atoms with Crippen LogP contribution in [0.5, 0.6) is 0 Å². The molecule has 0 fully saturated rings. The normalized spacial score (nSPS) is 10.7. The van der Waals surface area contributed by atoms with E-state index in [0.29, 0.717) is 6.42 Å². The summed E-state index contributed by atoms with van der Waals surface area (Å²) in [5, 5.41) is 10.5. The molecule has 2 N–H and O–H groups in total. The van der Waals surface area contributed by atoms with E-state index in [9.17, 15) is 4.79 Å². The summed E-state index contributed by atoms with van der Waals surface area (Å²) in [7, 11) is 0. The summed E-state index contributed by atoms with van der Waals surface area (Å²) >= 11 is 3.53. The highest BCUT2D eigenvalue weighted by Gasteiger charge is 2.04. The second-order valence-electron chi connectivity index (χ2n) is 4.56. The smallest absolute Gasteiger partial charge is 0.221 e. The van der Waals surface area contributed by atoms with Gasteiger partial charge in [-0.1, -0.05) is 13.0 Å². The fourth-order valence-electron chi connectivity index (χ4n) is 1.81. The molecule has 0 aromatic carbocycles. The lowest BCUT2D eigenvalue weighted by Crippen LogP contribution is -2.27. The van der Waals surface area contributed by atoms with Gasteiger partial charge in [-0.3, -0.25) is 4.79 Å². The minimum absolute atomic E-state index is 0.129. The highest BCUT2D eigenvalue weighted by Crippen LogP contribution is 2.29. The monoisotopic (exact) mass is 308 g/mol. The van der Waals surface area contributed by atoms with E-state index in [1.54, 1.807) is 22.7 Å². The summed E-state index contributed by atoms with van der Waals surface area (Å²) < 4.78 is 0. The first-order chi connectivity index (χ1) is 9.79. The lowest BCUT2D eigenvalue weighted by Gasteiger charge is -2.04. The average molecular weight is 308 g/mol. The Kier molecular flexibility index (Phi) is 6.24. The van der Waals surface area contributed by atoms with Crippen LogP contribution in [0.15, 0.2) is 29.0 Å². The number of hydrogen-bond donors (Lipinski definition) is 2. The molecule has 0 aliphatic heterocycles. The van der Waals surface area contributed by atoms with Crippen molar-refractivity contribution in [2.24, 2.45) is 0 Å². The molecule has 0 bridgehead atoms. The predicted octanol–water partition coefficient (Wildman–Crippen LogP) is 3.48. The SMILES string of the molecule is CCCNC(=O)CCNCc1cc(-c2cccs2)cs1. The molecule has 0 saturated carbocycles. The molecule has 0 aliphatic rings. The Bertz CT molecular complexity index is 520. The van der Waals surface area contributed by atoms with Crippen LogP contribution < -0.4 is 10.6 Å². The Hall–Kier alpha value is -1.17. The van der Waals surface area contributed by atoms with Crippen molar-refractivity contribution >= 4 is 28.6 Å². The Morgan fingerprint density at radius 2 is 2.20 bits per heavy atom. The molecule has 0 saturated heterocycles. The second kappa shape index (κ2) is 8.19. The van der Waals surface area contributed by atoms with E-state index >= 15 is 0 Å². The van der Waals surface area contributed by atoms with Crippen LogP contribution >= 0.6 is 22.7 Å². The number of hydrogen-bond acceptors (Lipinski definition) is 4. The number of carbonyl (C=O) groups is 1. The van der Waals surface area contributed by atoms with Crippen molar-refractivity contribution in [1.29, 1.82) is 0 Å². The van der Waals surface area contributed by atoms with E-state index in [-0.39, 0.29) is 5.91 Å². The topological polar surface area (TPSA) is 41.1 Å². The van der Waals surface area contributed by atoms with Crippen LogP contribution in [0.4, 0.5) is 0 Å². The van der Waals surface area contributed by atoms with Crippen LogP contribution in [0.1, 0.15) is 24.6 Å². The molecule has 0 spiro atoms. The van der Waals surface area contributed by atoms with Gasteiger partial charge in [0.2, 0.25) is 5.91 Å². The first-order valence-electron chi connectivity index (χ1n) is 6.88. The van der Waals surface area contributed by atoms with Crippen LogP contribution in [0.2, 0.25) is 0 Å². The molecular weight excluding hydrogens is 288 g/mol. The Morgan fingerprint density at radius 1 is 1.30 bits per heavy atom. The third-order valence-electron chi connectivity index (χ3n) is 2.86. The van der Waals surface area contributed by atoms with Gasteiger partial charge in [0.25, 0.3) is 0 Å². The zero-order valence-electron chi connectivity index (χ0n) is 11.6. The first-order valence-corrected chi connectivity index (χ1v) is 8.64. The third-order valence-corrected chi connectivity index (χ3v) is 4.72. The number of rotatable bonds is 8. The molecule has 3 nitrogen and oxygen atoms in total. The fraction of sp³-hybridized carbons (Fsp3) is 0.400. The lowest BCUT2D eigenvalue weighted by molar-refractivity contribution is -0.120. The van der Waals surface area contributed by atoms with Gasteiger partial charge in [0.05, 0.1) is 0 Å². The highest BCUT2D eigenvalue weighted by molar-refractivity contribution is 7.14. The minimum atomic E-state index is 0.129. The van der Waals surface area contributed by atoms with E-state index in [0.717, 1.165) is 26.1 Å². The zero-order chi connectivity index (χ0) is 14.2. The summed E-state index contributed by atoms with van der Waals surface area (Å²) in [5.74, 6) is 0.129. The molecule has 2 aromatic heterocycles. The number of amides is 1. The van der Waals surface area contributed by atoms with Crippen LogP contribution in [-0.2, 0) is 11.3 Å². The summed E-state index contributed by atoms with van der Waals surface area (Å²) in [4.78, 5) is 14.0. The van der Waals surface area contributed by atoms with E-state index in [4.69, 9.17) is 0 Å². The van der Waals surface area contributed by atoms with Gasteiger partial charge in [0.1, 0.15) is 0 Å². The van der Waals surface area contributed by atoms with Crippen molar-refractivity contribution in [2.75, 3.05) is 13.1 Å². The molecule has 2 heterocycles. The van der Waals surface area contributed by atoms with Crippen molar-refractivity contribution in [3.8, 4) is 10.4 Å². The van der Waals surface area contributed by atoms with Gasteiger partial charge in [-0.15, -0.1) is 22.7 Å². The minimum Gasteiger partial charge on any atom is -0.356 e. The van der Waals surface area contributed by atoms with E-state index in [1.165, 1.54) is 15.3 Å². The largest absolute Gasteiger partial charge is 0.356 e. The highest BCUT2D eigenvalue weighted by atomic mass is 32.1. The number of carbonyl (C=O) groups excluding carboxylic acids is 1. The van der Waals surface area contributed by atoms with Crippen molar-refractivity contribution in [1.82, 2.24) is 10.6 Å². The van der Waals surface area contributed by atoms with Crippen LogP contribution in [0, 0.1) is 0 Å². The average Bonchev–Trinajstić information content (AvgIpc) is 3.11. The van der Waals surface area contributed by atoms with Crippen molar-refractivity contribution in [3.63, 3.8) is 0 Å². The molecular formula is C15H20N2OS2. The maximum absolute atomic E-state index is 11.4. The molecule has 108 valence electrons. The molecule has 0 unspecified atom stereocenters. The van der Waals surface area contributed by atoms with Crippen molar-refractivity contribution in [2.45, 2.75) is 26.3 Å². The fourth-order valence-corrected chi connectivity index (χ4v) is 3.45. The molecule has 0 radical (unpaired) electrons. The predicted molar refractivity (Wildman–Crippen MR) is 87.3 cm³/mol. The first kappa shape index (κ1) is 15.2. The Balaban J connectivity index is 1.69. The summed E-state index contributed by atoms with van der Waals surface area (Å²) in [5.41, 5.74) is 1.29. The molecule has 2 rings (SSSR count). The molecule has 0 atom stereocenters. The zero-order valence-corrected chi connectivity index (χ0v) is 13.3. The van der Waals surface area contributed by atoms with Gasteiger partial charge in [0.15, 0.2) is 0 Å². The molecule has 20 heavy (non-hydrogen) atoms. The van der Waals surface area contributed by atoms with Gasteiger partial charge < -0.3 is 10.6 Å². The second-order valence-corrected chi connectivity index (χ2v) is 6.50. The van der Waals surface area contributed by atoms with Gasteiger partial charge in [-0.05, 0) is 29.3 Å². The van der Waals surface area contributed by atoms with Crippen LogP contribution in [0.25, 0.3) is 10.4 Å². The molecule has 0 aliphatic carbocycles. The van der Waals surface area contributed by atoms with Crippen molar-refractivity contribution < 1.29 is 4.79 Å². The summed E-state index contributed by atoms with van der Waals surface area (Å²) in [6, 6.07) is 6.44. The van der Waals surface area contributed by atoms with Gasteiger partial charge >= 0.3 is 0 Å². The van der Waals surface area contributed by atoms with E-state index < -0.39 is 0 Å². The Morgan fingerprint density at radius 3 is 2.95 bits per heavy atom. The van der Waals surface area contributed by atoms with Crippen LogP contribution in [0.3, 0.4) is 0 Å². The molecule has 2 aromatic rings. The maximum Gasteiger partial charge on any atom is 0.221 e. The number of thiophene rings is 2. The third kappa shape index (κ3) is 4.74. The standard InChI is InChI=1S/C15H20N2OS2/c1-2-6-17-15(18)5-7-16-10-13-9-12(11-20-13)14-4-3-8-19-14/h3-4,8-9,11,16H,2,5-7,10H2,1H3,(H,17,18). The van der Waals surface area contributed by atoms with Crippen molar-refractivity contribution in [3.05, 3.63) is 33.8 Å². The van der Waals surface area contributed by atoms with Gasteiger partial charge in [0, 0.05) is 41.4 Å². The van der Waals surface area contributed by atoms with Gasteiger partial charge in [-0.25, -0.2) is 0 Å². The molecule has 1 amide bonds. The Labute approximate surface area is 128 Å². The lowest BCUT2D eigenvalue weighted by atomic mass is 10.2.